The monoisotopic (exact) mass is 467 g/mol. The van der Waals surface area contributed by atoms with Crippen LogP contribution in [0.3, 0.4) is 0 Å². The number of amides is 1. The van der Waals surface area contributed by atoms with E-state index in [2.05, 4.69) is 41.4 Å². The van der Waals surface area contributed by atoms with Gasteiger partial charge in [0, 0.05) is 42.3 Å². The Labute approximate surface area is 200 Å². The third-order valence-corrected chi connectivity index (χ3v) is 5.47. The van der Waals surface area contributed by atoms with Crippen LogP contribution in [0, 0.1) is 5.82 Å². The molecule has 1 amide bonds. The molecule has 0 saturated carbocycles. The average molecular weight is 468 g/mol. The van der Waals surface area contributed by atoms with Gasteiger partial charge in [-0.1, -0.05) is 6.07 Å². The first-order chi connectivity index (χ1) is 17.0. The minimum absolute atomic E-state index is 0.265. The summed E-state index contributed by atoms with van der Waals surface area (Å²) in [7, 11) is 4.02. The third kappa shape index (κ3) is 4.75. The first-order valence-corrected chi connectivity index (χ1v) is 10.9. The molecule has 0 fully saturated rings. The van der Waals surface area contributed by atoms with E-state index in [1.54, 1.807) is 18.3 Å². The molecule has 5 rings (SSSR count). The van der Waals surface area contributed by atoms with Gasteiger partial charge in [0.05, 0.1) is 28.7 Å². The number of rotatable bonds is 6. The predicted octanol–water partition coefficient (Wildman–Crippen LogP) is 4.53. The number of halogens is 1. The van der Waals surface area contributed by atoms with Crippen LogP contribution in [0.4, 0.5) is 10.1 Å². The largest absolute Gasteiger partial charge is 0.319 e. The average Bonchev–Trinajstić information content (AvgIpc) is 3.28. The highest BCUT2D eigenvalue weighted by Gasteiger charge is 2.16. The number of benzene rings is 1. The molecule has 174 valence electrons. The lowest BCUT2D eigenvalue weighted by atomic mass is 10.0. The van der Waals surface area contributed by atoms with Crippen molar-refractivity contribution in [2.45, 2.75) is 6.54 Å². The fourth-order valence-electron chi connectivity index (χ4n) is 3.85. The fraction of sp³-hybridized carbons (Fsp3) is 0.115. The van der Waals surface area contributed by atoms with Crippen molar-refractivity contribution in [2.75, 3.05) is 19.4 Å². The number of aromatic nitrogens is 5. The van der Waals surface area contributed by atoms with E-state index in [4.69, 9.17) is 0 Å². The predicted molar refractivity (Wildman–Crippen MR) is 132 cm³/mol. The summed E-state index contributed by atoms with van der Waals surface area (Å²) in [5.41, 5.74) is 5.19. The van der Waals surface area contributed by atoms with E-state index in [1.165, 1.54) is 24.7 Å². The molecule has 0 unspecified atom stereocenters. The van der Waals surface area contributed by atoms with E-state index in [9.17, 15) is 9.18 Å². The normalized spacial score (nSPS) is 11.2. The Bertz CT molecular complexity index is 1510. The van der Waals surface area contributed by atoms with Gasteiger partial charge in [0.2, 0.25) is 0 Å². The van der Waals surface area contributed by atoms with E-state index in [0.717, 1.165) is 28.8 Å². The number of carbonyl (C=O) groups is 1. The zero-order valence-electron chi connectivity index (χ0n) is 19.2. The Morgan fingerprint density at radius 1 is 1.00 bits per heavy atom. The summed E-state index contributed by atoms with van der Waals surface area (Å²) in [6.45, 7) is 0.780. The maximum absolute atomic E-state index is 14.0. The Balaban J connectivity index is 1.39. The van der Waals surface area contributed by atoms with Gasteiger partial charge in [0.1, 0.15) is 5.82 Å². The molecule has 8 nitrogen and oxygen atoms in total. The Hall–Kier alpha value is -4.50. The van der Waals surface area contributed by atoms with E-state index in [0.29, 0.717) is 22.3 Å². The lowest BCUT2D eigenvalue weighted by Crippen LogP contribution is -2.13. The number of hydrogen-bond donors (Lipinski definition) is 2. The van der Waals surface area contributed by atoms with Crippen molar-refractivity contribution in [3.8, 4) is 22.4 Å². The molecule has 5 aromatic rings. The highest BCUT2D eigenvalue weighted by molar-refractivity contribution is 6.11. The molecule has 9 heteroatoms. The number of nitrogens with zero attached hydrogens (tertiary/aromatic N) is 5. The molecule has 1 aromatic carbocycles. The van der Waals surface area contributed by atoms with Crippen LogP contribution in [0.2, 0.25) is 0 Å². The van der Waals surface area contributed by atoms with Gasteiger partial charge in [0.15, 0.2) is 5.69 Å². The van der Waals surface area contributed by atoms with Gasteiger partial charge in [-0.3, -0.25) is 24.8 Å². The number of aromatic amines is 1. The number of carbonyl (C=O) groups excluding carboxylic acids is 1. The summed E-state index contributed by atoms with van der Waals surface area (Å²) < 4.78 is 14.0. The van der Waals surface area contributed by atoms with Crippen LogP contribution in [-0.4, -0.2) is 50.1 Å². The number of fused-ring (bicyclic) bond motifs is 1. The van der Waals surface area contributed by atoms with Crippen LogP contribution in [0.5, 0.6) is 0 Å². The third-order valence-electron chi connectivity index (χ3n) is 5.47. The van der Waals surface area contributed by atoms with E-state index in [-0.39, 0.29) is 11.6 Å². The zero-order chi connectivity index (χ0) is 24.4. The smallest absolute Gasteiger partial charge is 0.276 e. The molecule has 0 atom stereocenters. The second kappa shape index (κ2) is 9.40. The Kier molecular flexibility index (Phi) is 5.99. The highest BCUT2D eigenvalue weighted by atomic mass is 19.1. The van der Waals surface area contributed by atoms with Crippen molar-refractivity contribution in [3.63, 3.8) is 0 Å². The Morgan fingerprint density at radius 3 is 2.66 bits per heavy atom. The van der Waals surface area contributed by atoms with Crippen LogP contribution < -0.4 is 5.32 Å². The van der Waals surface area contributed by atoms with Gasteiger partial charge in [-0.25, -0.2) is 4.39 Å². The van der Waals surface area contributed by atoms with Gasteiger partial charge in [0.25, 0.3) is 5.91 Å². The van der Waals surface area contributed by atoms with Crippen molar-refractivity contribution in [3.05, 3.63) is 90.5 Å². The van der Waals surface area contributed by atoms with Crippen LogP contribution in [-0.2, 0) is 6.54 Å². The van der Waals surface area contributed by atoms with Gasteiger partial charge >= 0.3 is 0 Å². The van der Waals surface area contributed by atoms with Gasteiger partial charge in [-0.2, -0.15) is 5.10 Å². The van der Waals surface area contributed by atoms with Gasteiger partial charge < -0.3 is 10.2 Å². The van der Waals surface area contributed by atoms with Crippen molar-refractivity contribution < 1.29 is 9.18 Å². The van der Waals surface area contributed by atoms with E-state index < -0.39 is 5.82 Å². The van der Waals surface area contributed by atoms with Gasteiger partial charge in [-0.15, -0.1) is 0 Å². The number of H-pyrrole nitrogens is 1. The van der Waals surface area contributed by atoms with E-state index >= 15 is 0 Å². The molecule has 0 bridgehead atoms. The molecular weight excluding hydrogens is 445 g/mol. The summed E-state index contributed by atoms with van der Waals surface area (Å²) >= 11 is 0. The lowest BCUT2D eigenvalue weighted by Gasteiger charge is -2.10. The maximum atomic E-state index is 14.0. The number of pyridine rings is 3. The SMILES string of the molecule is CN(C)Cc1cncc(-c2ccc3[nH]nc(C(=O)Nc4ccc(-c5cnccc5F)nc4)c3c2)c1. The lowest BCUT2D eigenvalue weighted by molar-refractivity contribution is 0.102. The molecule has 0 aliphatic heterocycles. The van der Waals surface area contributed by atoms with Crippen LogP contribution in [0.1, 0.15) is 16.1 Å². The van der Waals surface area contributed by atoms with Crippen molar-refractivity contribution in [1.29, 1.82) is 0 Å². The maximum Gasteiger partial charge on any atom is 0.276 e. The Morgan fingerprint density at radius 2 is 1.89 bits per heavy atom. The number of nitrogens with one attached hydrogen (secondary N) is 2. The summed E-state index contributed by atoms with van der Waals surface area (Å²) in [6, 6.07) is 12.4. The van der Waals surface area contributed by atoms with Crippen LogP contribution in [0.25, 0.3) is 33.3 Å². The fourth-order valence-corrected chi connectivity index (χ4v) is 3.85. The molecule has 0 spiro atoms. The van der Waals surface area contributed by atoms with Crippen LogP contribution >= 0.6 is 0 Å². The van der Waals surface area contributed by atoms with E-state index in [1.807, 2.05) is 38.5 Å². The molecule has 2 N–H and O–H groups in total. The second-order valence-electron chi connectivity index (χ2n) is 8.39. The molecular formula is C26H22FN7O. The number of anilines is 1. The topological polar surface area (TPSA) is 99.7 Å². The first kappa shape index (κ1) is 22.3. The molecule has 0 saturated heterocycles. The number of hydrogen-bond acceptors (Lipinski definition) is 6. The van der Waals surface area contributed by atoms with Crippen molar-refractivity contribution in [2.24, 2.45) is 0 Å². The molecule has 0 radical (unpaired) electrons. The van der Waals surface area contributed by atoms with Crippen molar-refractivity contribution >= 4 is 22.5 Å². The van der Waals surface area contributed by atoms with Gasteiger partial charge in [-0.05, 0) is 61.6 Å². The summed E-state index contributed by atoms with van der Waals surface area (Å²) in [5.74, 6) is -0.791. The summed E-state index contributed by atoms with van der Waals surface area (Å²) in [5, 5.41) is 10.6. The molecule has 4 heterocycles. The minimum atomic E-state index is -0.412. The zero-order valence-corrected chi connectivity index (χ0v) is 19.2. The molecule has 4 aromatic heterocycles. The summed E-state index contributed by atoms with van der Waals surface area (Å²) in [6.07, 6.45) is 7.92. The van der Waals surface area contributed by atoms with Crippen molar-refractivity contribution in [1.82, 2.24) is 30.0 Å². The molecule has 0 aliphatic carbocycles. The standard InChI is InChI=1S/C26H22FN7O/c1-34(2)15-16-9-18(12-29-11-16)17-3-5-24-20(10-17)25(33-32-24)26(35)31-19-4-6-23(30-13-19)21-14-28-8-7-22(21)27/h3-14H,15H2,1-2H3,(H,31,35)(H,32,33). The summed E-state index contributed by atoms with van der Waals surface area (Å²) in [4.78, 5) is 27.6. The molecule has 0 aliphatic rings. The quantitative estimate of drug-likeness (QED) is 0.381. The minimum Gasteiger partial charge on any atom is -0.319 e. The second-order valence-corrected chi connectivity index (χ2v) is 8.39. The van der Waals surface area contributed by atoms with Crippen LogP contribution in [0.15, 0.2) is 73.4 Å². The first-order valence-electron chi connectivity index (χ1n) is 10.9. The highest BCUT2D eigenvalue weighted by Crippen LogP contribution is 2.27. The molecule has 35 heavy (non-hydrogen) atoms.